The number of aliphatic carboxylic acids is 1. The van der Waals surface area contributed by atoms with E-state index in [9.17, 15) is 9.59 Å². The van der Waals surface area contributed by atoms with Gasteiger partial charge in [0, 0.05) is 26.8 Å². The van der Waals surface area contributed by atoms with Crippen LogP contribution in [-0.2, 0) is 9.53 Å². The Morgan fingerprint density at radius 2 is 2.00 bits per heavy atom. The minimum Gasteiger partial charge on any atom is -0.480 e. The Hall–Kier alpha value is -1.30. The molecule has 0 fully saturated rings. The van der Waals surface area contributed by atoms with E-state index >= 15 is 0 Å². The molecule has 6 nitrogen and oxygen atoms in total. The van der Waals surface area contributed by atoms with Gasteiger partial charge in [0.15, 0.2) is 0 Å². The van der Waals surface area contributed by atoms with Gasteiger partial charge in [-0.1, -0.05) is 20.8 Å². The van der Waals surface area contributed by atoms with Gasteiger partial charge in [0.25, 0.3) is 0 Å². The van der Waals surface area contributed by atoms with Crippen molar-refractivity contribution >= 4 is 12.0 Å². The molecule has 0 radical (unpaired) electrons. The molecule has 19 heavy (non-hydrogen) atoms. The van der Waals surface area contributed by atoms with Crippen LogP contribution in [0.1, 0.15) is 33.6 Å². The van der Waals surface area contributed by atoms with E-state index in [1.807, 2.05) is 20.8 Å². The Morgan fingerprint density at radius 3 is 2.47 bits per heavy atom. The van der Waals surface area contributed by atoms with Crippen molar-refractivity contribution in [2.45, 2.75) is 33.6 Å². The average Bonchev–Trinajstić information content (AvgIpc) is 2.32. The average molecular weight is 274 g/mol. The molecule has 6 heteroatoms. The number of ether oxygens (including phenoxy) is 1. The SMILES string of the molecule is CCCN(CC(=O)O)C(=O)NCC(C)(C)CCOC. The molecule has 2 amide bonds. The van der Waals surface area contributed by atoms with E-state index in [2.05, 4.69) is 5.32 Å². The summed E-state index contributed by atoms with van der Waals surface area (Å²) in [5.41, 5.74) is -0.0766. The quantitative estimate of drug-likeness (QED) is 0.668. The van der Waals surface area contributed by atoms with Gasteiger partial charge >= 0.3 is 12.0 Å². The number of carboxylic acids is 1. The summed E-state index contributed by atoms with van der Waals surface area (Å²) in [6.45, 7) is 7.28. The Kier molecular flexibility index (Phi) is 8.14. The smallest absolute Gasteiger partial charge is 0.323 e. The van der Waals surface area contributed by atoms with Crippen LogP contribution in [-0.4, -0.2) is 55.4 Å². The number of amides is 2. The Bertz CT molecular complexity index is 292. The van der Waals surface area contributed by atoms with Gasteiger partial charge in [0.05, 0.1) is 0 Å². The lowest BCUT2D eigenvalue weighted by Crippen LogP contribution is -2.46. The van der Waals surface area contributed by atoms with E-state index in [0.29, 0.717) is 19.7 Å². The fourth-order valence-corrected chi connectivity index (χ4v) is 1.58. The highest BCUT2D eigenvalue weighted by molar-refractivity contribution is 5.80. The number of hydrogen-bond acceptors (Lipinski definition) is 3. The predicted octanol–water partition coefficient (Wildman–Crippen LogP) is 1.56. The number of nitrogens with zero attached hydrogens (tertiary/aromatic N) is 1. The number of methoxy groups -OCH3 is 1. The molecule has 0 unspecified atom stereocenters. The maximum absolute atomic E-state index is 11.9. The first-order valence-electron chi connectivity index (χ1n) is 6.56. The second kappa shape index (κ2) is 8.74. The Balaban J connectivity index is 4.27. The number of rotatable bonds is 9. The third-order valence-electron chi connectivity index (χ3n) is 2.81. The third kappa shape index (κ3) is 8.42. The van der Waals surface area contributed by atoms with Crippen LogP contribution >= 0.6 is 0 Å². The summed E-state index contributed by atoms with van der Waals surface area (Å²) >= 11 is 0. The molecule has 2 N–H and O–H groups in total. The molecule has 0 aromatic heterocycles. The summed E-state index contributed by atoms with van der Waals surface area (Å²) in [5, 5.41) is 11.6. The van der Waals surface area contributed by atoms with Gasteiger partial charge in [-0.2, -0.15) is 0 Å². The van der Waals surface area contributed by atoms with Gasteiger partial charge in [0.2, 0.25) is 0 Å². The highest BCUT2D eigenvalue weighted by Gasteiger charge is 2.21. The van der Waals surface area contributed by atoms with Crippen molar-refractivity contribution < 1.29 is 19.4 Å². The highest BCUT2D eigenvalue weighted by Crippen LogP contribution is 2.18. The number of nitrogens with one attached hydrogen (secondary N) is 1. The van der Waals surface area contributed by atoms with Gasteiger partial charge in [-0.25, -0.2) is 4.79 Å². The Morgan fingerprint density at radius 1 is 1.37 bits per heavy atom. The molecular formula is C13H26N2O4. The number of carbonyl (C=O) groups excluding carboxylic acids is 1. The van der Waals surface area contributed by atoms with Crippen molar-refractivity contribution in [2.24, 2.45) is 5.41 Å². The molecule has 0 rings (SSSR count). The van der Waals surface area contributed by atoms with Crippen LogP contribution in [0.4, 0.5) is 4.79 Å². The fourth-order valence-electron chi connectivity index (χ4n) is 1.58. The van der Waals surface area contributed by atoms with Crippen LogP contribution in [0.2, 0.25) is 0 Å². The standard InChI is InChI=1S/C13H26N2O4/c1-5-7-15(9-11(16)17)12(18)14-10-13(2,3)6-8-19-4/h5-10H2,1-4H3,(H,14,18)(H,16,17). The predicted molar refractivity (Wildman–Crippen MR) is 73.2 cm³/mol. The lowest BCUT2D eigenvalue weighted by atomic mass is 9.90. The molecule has 0 aliphatic carbocycles. The molecular weight excluding hydrogens is 248 g/mol. The van der Waals surface area contributed by atoms with Crippen molar-refractivity contribution in [1.82, 2.24) is 10.2 Å². The lowest BCUT2D eigenvalue weighted by Gasteiger charge is -2.27. The van der Waals surface area contributed by atoms with Crippen LogP contribution in [0.15, 0.2) is 0 Å². The zero-order valence-electron chi connectivity index (χ0n) is 12.4. The molecule has 0 spiro atoms. The highest BCUT2D eigenvalue weighted by atomic mass is 16.5. The van der Waals surface area contributed by atoms with Crippen molar-refractivity contribution in [3.8, 4) is 0 Å². The third-order valence-corrected chi connectivity index (χ3v) is 2.81. The van der Waals surface area contributed by atoms with Crippen LogP contribution < -0.4 is 5.32 Å². The van der Waals surface area contributed by atoms with Crippen molar-refractivity contribution in [3.05, 3.63) is 0 Å². The maximum Gasteiger partial charge on any atom is 0.323 e. The number of carboxylic acid groups (broad SMARTS) is 1. The summed E-state index contributed by atoms with van der Waals surface area (Å²) in [6, 6.07) is -0.324. The molecule has 0 aliphatic heterocycles. The number of urea groups is 1. The summed E-state index contributed by atoms with van der Waals surface area (Å²) in [7, 11) is 1.64. The number of carbonyl (C=O) groups is 2. The Labute approximate surface area is 115 Å². The minimum absolute atomic E-state index is 0.0766. The van der Waals surface area contributed by atoms with Gasteiger partial charge in [0.1, 0.15) is 6.54 Å². The largest absolute Gasteiger partial charge is 0.480 e. The second-order valence-corrected chi connectivity index (χ2v) is 5.38. The van der Waals surface area contributed by atoms with Crippen molar-refractivity contribution in [3.63, 3.8) is 0 Å². The van der Waals surface area contributed by atoms with E-state index in [-0.39, 0.29) is 18.0 Å². The number of hydrogen-bond donors (Lipinski definition) is 2. The first kappa shape index (κ1) is 17.7. The van der Waals surface area contributed by atoms with E-state index in [1.165, 1.54) is 4.90 Å². The first-order chi connectivity index (χ1) is 8.82. The molecule has 0 heterocycles. The van der Waals surface area contributed by atoms with Gasteiger partial charge in [-0.3, -0.25) is 4.79 Å². The minimum atomic E-state index is -0.998. The molecule has 0 saturated heterocycles. The molecule has 0 bridgehead atoms. The topological polar surface area (TPSA) is 78.9 Å². The van der Waals surface area contributed by atoms with Crippen molar-refractivity contribution in [1.29, 1.82) is 0 Å². The monoisotopic (exact) mass is 274 g/mol. The lowest BCUT2D eigenvalue weighted by molar-refractivity contribution is -0.137. The van der Waals surface area contributed by atoms with Gasteiger partial charge < -0.3 is 20.1 Å². The summed E-state index contributed by atoms with van der Waals surface area (Å²) in [4.78, 5) is 23.9. The summed E-state index contributed by atoms with van der Waals surface area (Å²) in [5.74, 6) is -0.998. The van der Waals surface area contributed by atoms with Crippen LogP contribution in [0.3, 0.4) is 0 Å². The first-order valence-corrected chi connectivity index (χ1v) is 6.56. The molecule has 0 aromatic rings. The summed E-state index contributed by atoms with van der Waals surface area (Å²) in [6.07, 6.45) is 1.56. The maximum atomic E-state index is 11.9. The van der Waals surface area contributed by atoms with E-state index in [0.717, 1.165) is 12.8 Å². The normalized spacial score (nSPS) is 11.2. The summed E-state index contributed by atoms with van der Waals surface area (Å²) < 4.78 is 5.02. The molecule has 112 valence electrons. The van der Waals surface area contributed by atoms with Crippen LogP contribution in [0, 0.1) is 5.41 Å². The second-order valence-electron chi connectivity index (χ2n) is 5.38. The molecule has 0 aliphatic rings. The molecule has 0 atom stereocenters. The molecule has 0 saturated carbocycles. The van der Waals surface area contributed by atoms with Gasteiger partial charge in [-0.05, 0) is 18.3 Å². The van der Waals surface area contributed by atoms with Crippen LogP contribution in [0.25, 0.3) is 0 Å². The van der Waals surface area contributed by atoms with Crippen LogP contribution in [0.5, 0.6) is 0 Å². The molecule has 0 aromatic carbocycles. The van der Waals surface area contributed by atoms with E-state index in [1.54, 1.807) is 7.11 Å². The zero-order valence-corrected chi connectivity index (χ0v) is 12.4. The van der Waals surface area contributed by atoms with Crippen molar-refractivity contribution in [2.75, 3.05) is 33.4 Å². The van der Waals surface area contributed by atoms with E-state index in [4.69, 9.17) is 9.84 Å². The fraction of sp³-hybridized carbons (Fsp3) is 0.846. The van der Waals surface area contributed by atoms with E-state index < -0.39 is 5.97 Å². The zero-order chi connectivity index (χ0) is 14.9. The van der Waals surface area contributed by atoms with Gasteiger partial charge in [-0.15, -0.1) is 0 Å².